The maximum atomic E-state index is 3.81. The van der Waals surface area contributed by atoms with Gasteiger partial charge >= 0.3 is 0 Å². The Kier molecular flexibility index (Phi) is 5.51. The molecule has 0 spiro atoms. The Labute approximate surface area is 105 Å². The van der Waals surface area contributed by atoms with Crippen LogP contribution in [0, 0.1) is 11.8 Å². The molecular formula is C14H27NS. The molecule has 1 N–H and O–H groups in total. The van der Waals surface area contributed by atoms with E-state index in [2.05, 4.69) is 24.0 Å². The number of nitrogens with one attached hydrogen (secondary N) is 1. The second-order valence-electron chi connectivity index (χ2n) is 5.64. The topological polar surface area (TPSA) is 12.0 Å². The molecule has 2 aliphatic rings. The maximum Gasteiger partial charge on any atom is 0.00673 e. The predicted octanol–water partition coefficient (Wildman–Crippen LogP) is 3.69. The molecule has 0 aromatic carbocycles. The van der Waals surface area contributed by atoms with Crippen molar-refractivity contribution in [1.29, 1.82) is 0 Å². The molecule has 94 valence electrons. The molecule has 1 unspecified atom stereocenters. The predicted molar refractivity (Wildman–Crippen MR) is 74.1 cm³/mol. The Morgan fingerprint density at radius 1 is 1.06 bits per heavy atom. The Morgan fingerprint density at radius 3 is 2.50 bits per heavy atom. The lowest BCUT2D eigenvalue weighted by atomic mass is 9.83. The molecule has 0 radical (unpaired) electrons. The van der Waals surface area contributed by atoms with E-state index in [1.165, 1.54) is 63.0 Å². The molecular weight excluding hydrogens is 214 g/mol. The summed E-state index contributed by atoms with van der Waals surface area (Å²) in [5.74, 6) is 4.82. The fourth-order valence-corrected chi connectivity index (χ4v) is 4.43. The Hall–Kier alpha value is 0.310. The first-order valence-electron chi connectivity index (χ1n) is 7.19. The molecule has 2 fully saturated rings. The Morgan fingerprint density at radius 2 is 1.88 bits per heavy atom. The van der Waals surface area contributed by atoms with Gasteiger partial charge in [0.1, 0.15) is 0 Å². The van der Waals surface area contributed by atoms with Gasteiger partial charge in [0, 0.05) is 6.04 Å². The third-order valence-electron chi connectivity index (χ3n) is 4.26. The van der Waals surface area contributed by atoms with Gasteiger partial charge in [-0.05, 0) is 62.0 Å². The van der Waals surface area contributed by atoms with Gasteiger partial charge in [0.25, 0.3) is 0 Å². The van der Waals surface area contributed by atoms with Crippen molar-refractivity contribution in [3.8, 4) is 0 Å². The van der Waals surface area contributed by atoms with Crippen LogP contribution >= 0.6 is 11.8 Å². The average molecular weight is 241 g/mol. The highest BCUT2D eigenvalue weighted by atomic mass is 32.2. The van der Waals surface area contributed by atoms with Gasteiger partial charge in [-0.1, -0.05) is 19.8 Å². The zero-order valence-corrected chi connectivity index (χ0v) is 11.5. The first-order chi connectivity index (χ1) is 7.88. The standard InChI is InChI=1S/C14H27NS/c1-2-3-12-4-6-14(7-5-12)15-10-13-8-9-16-11-13/h12-15H,2-11H2,1H3. The van der Waals surface area contributed by atoms with Crippen LogP contribution in [0.25, 0.3) is 0 Å². The smallest absolute Gasteiger partial charge is 0.00673 e. The van der Waals surface area contributed by atoms with E-state index in [4.69, 9.17) is 0 Å². The minimum Gasteiger partial charge on any atom is -0.314 e. The second kappa shape index (κ2) is 6.90. The lowest BCUT2D eigenvalue weighted by Gasteiger charge is -2.29. The molecule has 0 aromatic heterocycles. The number of thioether (sulfide) groups is 1. The van der Waals surface area contributed by atoms with Gasteiger partial charge in [0.2, 0.25) is 0 Å². The molecule has 0 bridgehead atoms. The zero-order chi connectivity index (χ0) is 11.2. The van der Waals surface area contributed by atoms with Gasteiger partial charge in [-0.3, -0.25) is 0 Å². The fourth-order valence-electron chi connectivity index (χ4n) is 3.14. The van der Waals surface area contributed by atoms with Crippen molar-refractivity contribution in [1.82, 2.24) is 5.32 Å². The summed E-state index contributed by atoms with van der Waals surface area (Å²) in [6.45, 7) is 3.61. The van der Waals surface area contributed by atoms with Crippen molar-refractivity contribution < 1.29 is 0 Å². The molecule has 0 amide bonds. The lowest BCUT2D eigenvalue weighted by Crippen LogP contribution is -2.36. The first kappa shape index (κ1) is 12.8. The van der Waals surface area contributed by atoms with E-state index in [-0.39, 0.29) is 0 Å². The van der Waals surface area contributed by atoms with Gasteiger partial charge in [0.15, 0.2) is 0 Å². The summed E-state index contributed by atoms with van der Waals surface area (Å²) in [4.78, 5) is 0. The largest absolute Gasteiger partial charge is 0.314 e. The van der Waals surface area contributed by atoms with Crippen LogP contribution in [0.1, 0.15) is 51.9 Å². The number of hydrogen-bond donors (Lipinski definition) is 1. The number of hydrogen-bond acceptors (Lipinski definition) is 2. The van der Waals surface area contributed by atoms with Crippen LogP contribution in [-0.2, 0) is 0 Å². The molecule has 16 heavy (non-hydrogen) atoms. The molecule has 2 heteroatoms. The van der Waals surface area contributed by atoms with E-state index in [9.17, 15) is 0 Å². The summed E-state index contributed by atoms with van der Waals surface area (Å²) in [7, 11) is 0. The second-order valence-corrected chi connectivity index (χ2v) is 6.79. The van der Waals surface area contributed by atoms with Gasteiger partial charge in [-0.15, -0.1) is 0 Å². The van der Waals surface area contributed by atoms with E-state index >= 15 is 0 Å². The van der Waals surface area contributed by atoms with Crippen molar-refractivity contribution in [2.75, 3.05) is 18.1 Å². The van der Waals surface area contributed by atoms with Crippen LogP contribution in [0.2, 0.25) is 0 Å². The van der Waals surface area contributed by atoms with Crippen LogP contribution < -0.4 is 5.32 Å². The van der Waals surface area contributed by atoms with Crippen LogP contribution in [0.5, 0.6) is 0 Å². The van der Waals surface area contributed by atoms with Crippen LogP contribution in [0.4, 0.5) is 0 Å². The molecule has 1 aliphatic heterocycles. The summed E-state index contributed by atoms with van der Waals surface area (Å²) in [5, 5.41) is 3.81. The fraction of sp³-hybridized carbons (Fsp3) is 1.00. The van der Waals surface area contributed by atoms with E-state index in [1.807, 2.05) is 0 Å². The molecule has 2 rings (SSSR count). The Bertz CT molecular complexity index is 181. The molecule has 0 aromatic rings. The molecule has 1 saturated carbocycles. The zero-order valence-electron chi connectivity index (χ0n) is 10.7. The quantitative estimate of drug-likeness (QED) is 0.788. The summed E-state index contributed by atoms with van der Waals surface area (Å²) in [5.41, 5.74) is 0. The monoisotopic (exact) mass is 241 g/mol. The van der Waals surface area contributed by atoms with Gasteiger partial charge in [-0.2, -0.15) is 11.8 Å². The first-order valence-corrected chi connectivity index (χ1v) is 8.35. The van der Waals surface area contributed by atoms with Crippen LogP contribution in [-0.4, -0.2) is 24.1 Å². The number of rotatable bonds is 5. The summed E-state index contributed by atoms with van der Waals surface area (Å²) in [6.07, 6.45) is 10.1. The van der Waals surface area contributed by atoms with Crippen molar-refractivity contribution in [2.24, 2.45) is 11.8 Å². The van der Waals surface area contributed by atoms with Crippen molar-refractivity contribution in [3.05, 3.63) is 0 Å². The lowest BCUT2D eigenvalue weighted by molar-refractivity contribution is 0.272. The van der Waals surface area contributed by atoms with E-state index in [0.717, 1.165) is 17.9 Å². The molecule has 1 heterocycles. The minimum atomic E-state index is 0.846. The molecule has 1 nitrogen and oxygen atoms in total. The average Bonchev–Trinajstić information content (AvgIpc) is 2.82. The summed E-state index contributed by atoms with van der Waals surface area (Å²) in [6, 6.07) is 0.846. The van der Waals surface area contributed by atoms with Crippen molar-refractivity contribution in [2.45, 2.75) is 57.9 Å². The molecule has 1 aliphatic carbocycles. The van der Waals surface area contributed by atoms with Crippen molar-refractivity contribution in [3.63, 3.8) is 0 Å². The highest BCUT2D eigenvalue weighted by molar-refractivity contribution is 7.99. The van der Waals surface area contributed by atoms with E-state index in [1.54, 1.807) is 0 Å². The highest BCUT2D eigenvalue weighted by Crippen LogP contribution is 2.28. The summed E-state index contributed by atoms with van der Waals surface area (Å²) >= 11 is 2.14. The van der Waals surface area contributed by atoms with Gasteiger partial charge in [-0.25, -0.2) is 0 Å². The van der Waals surface area contributed by atoms with Crippen molar-refractivity contribution >= 4 is 11.8 Å². The van der Waals surface area contributed by atoms with Crippen LogP contribution in [0.3, 0.4) is 0 Å². The SMILES string of the molecule is CCCC1CCC(NCC2CCSC2)CC1. The summed E-state index contributed by atoms with van der Waals surface area (Å²) < 4.78 is 0. The normalized spacial score (nSPS) is 35.4. The third kappa shape index (κ3) is 3.96. The molecule has 1 atom stereocenters. The molecule has 1 saturated heterocycles. The van der Waals surface area contributed by atoms with E-state index in [0.29, 0.717) is 0 Å². The van der Waals surface area contributed by atoms with E-state index < -0.39 is 0 Å². The van der Waals surface area contributed by atoms with Gasteiger partial charge in [0.05, 0.1) is 0 Å². The minimum absolute atomic E-state index is 0.846. The third-order valence-corrected chi connectivity index (χ3v) is 5.49. The van der Waals surface area contributed by atoms with Crippen LogP contribution in [0.15, 0.2) is 0 Å². The Balaban J connectivity index is 1.57. The van der Waals surface area contributed by atoms with Gasteiger partial charge < -0.3 is 5.32 Å². The maximum absolute atomic E-state index is 3.81. The highest BCUT2D eigenvalue weighted by Gasteiger charge is 2.22.